The maximum atomic E-state index is 13.3. The monoisotopic (exact) mass is 416 g/mol. The Morgan fingerprint density at radius 2 is 1.70 bits per heavy atom. The molecule has 0 radical (unpaired) electrons. The largest absolute Gasteiger partial charge is 0.280 e. The summed E-state index contributed by atoms with van der Waals surface area (Å²) in [4.78, 5) is -0.534. The number of hydrogen-bond donors (Lipinski definition) is 1. The molecule has 0 amide bonds. The summed E-state index contributed by atoms with van der Waals surface area (Å²) in [7, 11) is -7.62. The Morgan fingerprint density at radius 3 is 2.33 bits per heavy atom. The summed E-state index contributed by atoms with van der Waals surface area (Å²) in [5.41, 5.74) is 1.39. The number of benzene rings is 2. The molecule has 0 saturated carbocycles. The molecule has 1 aliphatic rings. The van der Waals surface area contributed by atoms with Crippen LogP contribution in [0.5, 0.6) is 0 Å². The summed E-state index contributed by atoms with van der Waals surface area (Å²) in [5, 5.41) is 0. The van der Waals surface area contributed by atoms with Gasteiger partial charge in [-0.1, -0.05) is 0 Å². The zero-order valence-electron chi connectivity index (χ0n) is 14.4. The van der Waals surface area contributed by atoms with E-state index in [-0.39, 0.29) is 11.4 Å². The Morgan fingerprint density at radius 1 is 1.04 bits per heavy atom. The third-order valence-corrected chi connectivity index (χ3v) is 7.40. The Hall–Kier alpha value is -2.20. The molecule has 0 bridgehead atoms. The van der Waals surface area contributed by atoms with Crippen molar-refractivity contribution in [2.45, 2.75) is 24.7 Å². The normalized spacial score (nSPS) is 14.7. The fraction of sp³-hybridized carbons (Fsp3) is 0.294. The minimum absolute atomic E-state index is 0.0358. The molecule has 1 aliphatic heterocycles. The van der Waals surface area contributed by atoms with Gasteiger partial charge in [0.25, 0.3) is 10.0 Å². The third-order valence-electron chi connectivity index (χ3n) is 4.25. The molecule has 2 aromatic rings. The number of nitrogens with zero attached hydrogens (tertiary/aromatic N) is 1. The van der Waals surface area contributed by atoms with Crippen molar-refractivity contribution in [1.82, 2.24) is 0 Å². The zero-order chi connectivity index (χ0) is 19.8. The van der Waals surface area contributed by atoms with E-state index in [9.17, 15) is 25.6 Å². The van der Waals surface area contributed by atoms with Gasteiger partial charge in [-0.2, -0.15) is 0 Å². The maximum absolute atomic E-state index is 13.3. The minimum atomic E-state index is -4.19. The van der Waals surface area contributed by atoms with Gasteiger partial charge in [-0.3, -0.25) is 9.03 Å². The van der Waals surface area contributed by atoms with Crippen molar-refractivity contribution in [3.8, 4) is 0 Å². The van der Waals surface area contributed by atoms with Gasteiger partial charge in [-0.05, 0) is 55.7 Å². The van der Waals surface area contributed by atoms with E-state index in [2.05, 4.69) is 4.72 Å². The van der Waals surface area contributed by atoms with Gasteiger partial charge in [-0.15, -0.1) is 0 Å². The molecule has 10 heteroatoms. The zero-order valence-corrected chi connectivity index (χ0v) is 16.1. The highest BCUT2D eigenvalue weighted by Gasteiger charge is 2.26. The third kappa shape index (κ3) is 4.06. The number of fused-ring (bicyclic) bond motifs is 1. The van der Waals surface area contributed by atoms with Crippen LogP contribution in [0, 0.1) is 11.6 Å². The van der Waals surface area contributed by atoms with Crippen molar-refractivity contribution in [3.63, 3.8) is 0 Å². The van der Waals surface area contributed by atoms with Crippen LogP contribution in [-0.2, 0) is 26.5 Å². The molecule has 146 valence electrons. The minimum Gasteiger partial charge on any atom is -0.280 e. The highest BCUT2D eigenvalue weighted by atomic mass is 32.2. The lowest BCUT2D eigenvalue weighted by molar-refractivity contribution is 0.568. The molecule has 0 unspecified atom stereocenters. The molecule has 2 aromatic carbocycles. The second-order valence-electron chi connectivity index (χ2n) is 6.13. The molecule has 0 atom stereocenters. The van der Waals surface area contributed by atoms with Crippen LogP contribution in [0.4, 0.5) is 20.2 Å². The van der Waals surface area contributed by atoms with Gasteiger partial charge in [0.15, 0.2) is 0 Å². The van der Waals surface area contributed by atoms with Crippen LogP contribution in [0.25, 0.3) is 0 Å². The van der Waals surface area contributed by atoms with Crippen molar-refractivity contribution in [3.05, 3.63) is 53.6 Å². The molecule has 0 fully saturated rings. The lowest BCUT2D eigenvalue weighted by Gasteiger charge is -2.30. The smallest absolute Gasteiger partial charge is 0.262 e. The van der Waals surface area contributed by atoms with E-state index in [0.29, 0.717) is 36.7 Å². The predicted octanol–water partition coefficient (Wildman–Crippen LogP) is 2.87. The van der Waals surface area contributed by atoms with Crippen molar-refractivity contribution < 1.29 is 25.6 Å². The van der Waals surface area contributed by atoms with E-state index in [1.165, 1.54) is 16.4 Å². The summed E-state index contributed by atoms with van der Waals surface area (Å²) in [6.45, 7) is 1.93. The van der Waals surface area contributed by atoms with Crippen LogP contribution in [-0.4, -0.2) is 29.1 Å². The van der Waals surface area contributed by atoms with Crippen LogP contribution in [0.3, 0.4) is 0 Å². The highest BCUT2D eigenvalue weighted by Crippen LogP contribution is 2.32. The first kappa shape index (κ1) is 19.6. The van der Waals surface area contributed by atoms with E-state index < -0.39 is 36.6 Å². The number of sulfonamides is 2. The number of hydrogen-bond acceptors (Lipinski definition) is 4. The first-order valence-corrected chi connectivity index (χ1v) is 11.3. The van der Waals surface area contributed by atoms with Crippen LogP contribution in [0.2, 0.25) is 0 Å². The van der Waals surface area contributed by atoms with Crippen molar-refractivity contribution in [2.24, 2.45) is 0 Å². The Labute approximate surface area is 156 Å². The van der Waals surface area contributed by atoms with E-state index in [1.807, 2.05) is 0 Å². The van der Waals surface area contributed by atoms with Crippen molar-refractivity contribution in [1.29, 1.82) is 0 Å². The molecule has 0 spiro atoms. The molecule has 1 N–H and O–H groups in total. The van der Waals surface area contributed by atoms with E-state index in [4.69, 9.17) is 0 Å². The van der Waals surface area contributed by atoms with Gasteiger partial charge in [-0.25, -0.2) is 25.6 Å². The number of nitrogens with one attached hydrogen (secondary N) is 1. The van der Waals surface area contributed by atoms with E-state index >= 15 is 0 Å². The summed E-state index contributed by atoms with van der Waals surface area (Å²) >= 11 is 0. The van der Waals surface area contributed by atoms with Crippen LogP contribution in [0.15, 0.2) is 41.3 Å². The Bertz CT molecular complexity index is 1070. The van der Waals surface area contributed by atoms with Gasteiger partial charge < -0.3 is 0 Å². The average molecular weight is 416 g/mol. The lowest BCUT2D eigenvalue weighted by atomic mass is 10.0. The Kier molecular flexibility index (Phi) is 5.13. The van der Waals surface area contributed by atoms with Crippen LogP contribution < -0.4 is 9.03 Å². The summed E-state index contributed by atoms with van der Waals surface area (Å²) in [6, 6.07) is 6.53. The van der Waals surface area contributed by atoms with Gasteiger partial charge in [0, 0.05) is 18.3 Å². The van der Waals surface area contributed by atoms with Crippen LogP contribution >= 0.6 is 0 Å². The summed E-state index contributed by atoms with van der Waals surface area (Å²) < 4.78 is 79.5. The van der Waals surface area contributed by atoms with Crippen LogP contribution in [0.1, 0.15) is 18.9 Å². The fourth-order valence-electron chi connectivity index (χ4n) is 2.97. The first-order chi connectivity index (χ1) is 12.6. The molecule has 27 heavy (non-hydrogen) atoms. The molecule has 6 nitrogen and oxygen atoms in total. The molecule has 0 aromatic heterocycles. The van der Waals surface area contributed by atoms with Crippen molar-refractivity contribution in [2.75, 3.05) is 21.3 Å². The second kappa shape index (κ2) is 7.08. The molecule has 1 heterocycles. The number of aryl methyl sites for hydroxylation is 1. The van der Waals surface area contributed by atoms with Gasteiger partial charge in [0.2, 0.25) is 10.0 Å². The topological polar surface area (TPSA) is 83.6 Å². The summed E-state index contributed by atoms with van der Waals surface area (Å²) in [5.74, 6) is -2.03. The SMILES string of the molecule is CCS(=O)(=O)N1CCCc2cc(NS(=O)(=O)c3cc(F)cc(F)c3)ccc21. The molecule has 3 rings (SSSR count). The standard InChI is InChI=1S/C17H18F2N2O4S2/c1-2-26(22,23)21-7-3-4-12-8-15(5-6-17(12)21)20-27(24,25)16-10-13(18)9-14(19)11-16/h5-6,8-11,20H,2-4,7H2,1H3. The highest BCUT2D eigenvalue weighted by molar-refractivity contribution is 7.93. The number of anilines is 2. The fourth-order valence-corrected chi connectivity index (χ4v) is 5.26. The second-order valence-corrected chi connectivity index (χ2v) is 9.99. The quantitative estimate of drug-likeness (QED) is 0.812. The first-order valence-electron chi connectivity index (χ1n) is 8.24. The number of halogens is 2. The van der Waals surface area contributed by atoms with Gasteiger partial charge in [0.05, 0.1) is 16.3 Å². The Balaban J connectivity index is 1.93. The van der Waals surface area contributed by atoms with E-state index in [1.54, 1.807) is 13.0 Å². The van der Waals surface area contributed by atoms with Crippen molar-refractivity contribution >= 4 is 31.4 Å². The van der Waals surface area contributed by atoms with Gasteiger partial charge >= 0.3 is 0 Å². The summed E-state index contributed by atoms with van der Waals surface area (Å²) in [6.07, 6.45) is 1.20. The lowest BCUT2D eigenvalue weighted by Crippen LogP contribution is -2.36. The molecule has 0 saturated heterocycles. The average Bonchev–Trinajstić information content (AvgIpc) is 2.60. The molecular weight excluding hydrogens is 398 g/mol. The molecule has 0 aliphatic carbocycles. The number of rotatable bonds is 5. The molecular formula is C17H18F2N2O4S2. The van der Waals surface area contributed by atoms with Gasteiger partial charge in [0.1, 0.15) is 11.6 Å². The maximum Gasteiger partial charge on any atom is 0.262 e. The van der Waals surface area contributed by atoms with E-state index in [0.717, 1.165) is 12.1 Å². The predicted molar refractivity (Wildman–Crippen MR) is 98.7 cm³/mol.